The highest BCUT2D eigenvalue weighted by molar-refractivity contribution is 6.21. The monoisotopic (exact) mass is 461 g/mol. The van der Waals surface area contributed by atoms with Crippen LogP contribution in [0.5, 0.6) is 0 Å². The van der Waals surface area contributed by atoms with Gasteiger partial charge in [0.25, 0.3) is 17.7 Å². The summed E-state index contributed by atoms with van der Waals surface area (Å²) in [5.74, 6) is -0.794. The van der Waals surface area contributed by atoms with Gasteiger partial charge < -0.3 is 9.64 Å². The van der Waals surface area contributed by atoms with Gasteiger partial charge in [-0.2, -0.15) is 4.68 Å². The zero-order valence-electron chi connectivity index (χ0n) is 19.0. The van der Waals surface area contributed by atoms with Gasteiger partial charge in [0.15, 0.2) is 5.82 Å². The fourth-order valence-corrected chi connectivity index (χ4v) is 4.44. The van der Waals surface area contributed by atoms with Crippen LogP contribution in [-0.4, -0.2) is 77.6 Å². The molecule has 0 saturated carbocycles. The molecule has 1 aromatic carbocycles. The van der Waals surface area contributed by atoms with Gasteiger partial charge in [-0.1, -0.05) is 12.1 Å². The quantitative estimate of drug-likeness (QED) is 0.538. The summed E-state index contributed by atoms with van der Waals surface area (Å²) >= 11 is 0. The Morgan fingerprint density at radius 3 is 2.26 bits per heavy atom. The van der Waals surface area contributed by atoms with E-state index in [1.807, 2.05) is 13.8 Å². The summed E-state index contributed by atoms with van der Waals surface area (Å²) in [6.07, 6.45) is 4.17. The molecule has 11 nitrogen and oxygen atoms in total. The summed E-state index contributed by atoms with van der Waals surface area (Å²) in [4.78, 5) is 54.6. The van der Waals surface area contributed by atoms with Gasteiger partial charge in [-0.25, -0.2) is 9.97 Å². The lowest BCUT2D eigenvalue weighted by Crippen LogP contribution is -2.48. The predicted molar refractivity (Wildman–Crippen MR) is 118 cm³/mol. The average molecular weight is 461 g/mol. The maximum absolute atomic E-state index is 13.0. The number of carbonyl (C=O) groups is 3. The minimum absolute atomic E-state index is 0.0197. The summed E-state index contributed by atoms with van der Waals surface area (Å²) in [6, 6.07) is 5.97. The van der Waals surface area contributed by atoms with E-state index < -0.39 is 17.9 Å². The topological polar surface area (TPSA) is 123 Å². The molecule has 1 unspecified atom stereocenters. The molecule has 3 aromatic rings. The lowest BCUT2D eigenvalue weighted by Gasteiger charge is -2.34. The number of aromatic nitrogens is 5. The molecule has 2 aromatic heterocycles. The highest BCUT2D eigenvalue weighted by Gasteiger charge is 2.40. The van der Waals surface area contributed by atoms with E-state index >= 15 is 0 Å². The average Bonchev–Trinajstić information content (AvgIpc) is 3.41. The van der Waals surface area contributed by atoms with Crippen LogP contribution in [0.25, 0.3) is 5.82 Å². The van der Waals surface area contributed by atoms with Crippen LogP contribution in [-0.2, 0) is 4.74 Å². The van der Waals surface area contributed by atoms with Crippen molar-refractivity contribution < 1.29 is 19.1 Å². The molecule has 0 spiro atoms. The molecule has 3 amide bonds. The third-order valence-electron chi connectivity index (χ3n) is 5.92. The van der Waals surface area contributed by atoms with Gasteiger partial charge in [-0.15, -0.1) is 5.10 Å². The number of nitrogens with zero attached hydrogens (tertiary/aromatic N) is 7. The zero-order chi connectivity index (χ0) is 24.0. The second kappa shape index (κ2) is 8.41. The number of imide groups is 1. The van der Waals surface area contributed by atoms with Crippen LogP contribution in [0.15, 0.2) is 43.0 Å². The summed E-state index contributed by atoms with van der Waals surface area (Å²) < 4.78 is 7.04. The van der Waals surface area contributed by atoms with Crippen molar-refractivity contribution >= 4 is 17.7 Å². The SMILES string of the molecule is CC(c1nccnc1-n1cnc(C(=O)N2C[C@@H](C)O[C@@H](C)C2)n1)N1C(=O)c2ccccc2C1=O. The van der Waals surface area contributed by atoms with Crippen LogP contribution in [0.1, 0.15) is 63.8 Å². The molecule has 174 valence electrons. The Hall–Kier alpha value is -3.99. The molecule has 0 radical (unpaired) electrons. The first-order valence-corrected chi connectivity index (χ1v) is 11.0. The molecule has 0 aliphatic carbocycles. The van der Waals surface area contributed by atoms with Gasteiger partial charge in [0.1, 0.15) is 12.0 Å². The molecule has 0 N–H and O–H groups in total. The molecule has 4 heterocycles. The maximum atomic E-state index is 13.0. The highest BCUT2D eigenvalue weighted by Crippen LogP contribution is 2.31. The van der Waals surface area contributed by atoms with Crippen LogP contribution < -0.4 is 0 Å². The van der Waals surface area contributed by atoms with Crippen LogP contribution in [0.3, 0.4) is 0 Å². The number of morpholine rings is 1. The van der Waals surface area contributed by atoms with Gasteiger partial charge in [-0.3, -0.25) is 24.3 Å². The Kier molecular flexibility index (Phi) is 5.40. The summed E-state index contributed by atoms with van der Waals surface area (Å²) in [5, 5.41) is 4.34. The Balaban J connectivity index is 1.44. The molecule has 2 aliphatic heterocycles. The number of fused-ring (bicyclic) bond motifs is 1. The normalized spacial score (nSPS) is 21.0. The Morgan fingerprint density at radius 1 is 1.00 bits per heavy atom. The fraction of sp³-hybridized carbons (Fsp3) is 0.348. The fourth-order valence-electron chi connectivity index (χ4n) is 4.44. The number of ether oxygens (including phenoxy) is 1. The first-order chi connectivity index (χ1) is 16.3. The molecule has 1 fully saturated rings. The molecule has 34 heavy (non-hydrogen) atoms. The van der Waals surface area contributed by atoms with E-state index in [9.17, 15) is 14.4 Å². The van der Waals surface area contributed by atoms with Crippen molar-refractivity contribution in [3.8, 4) is 5.82 Å². The number of carbonyl (C=O) groups excluding carboxylic acids is 3. The Morgan fingerprint density at radius 2 is 1.62 bits per heavy atom. The second-order valence-corrected chi connectivity index (χ2v) is 8.45. The van der Waals surface area contributed by atoms with E-state index in [0.717, 1.165) is 4.90 Å². The van der Waals surface area contributed by atoms with Crippen molar-refractivity contribution in [2.24, 2.45) is 0 Å². The lowest BCUT2D eigenvalue weighted by molar-refractivity contribution is -0.0588. The lowest BCUT2D eigenvalue weighted by atomic mass is 10.1. The van der Waals surface area contributed by atoms with Crippen LogP contribution in [0.4, 0.5) is 0 Å². The number of hydrogen-bond donors (Lipinski definition) is 0. The van der Waals surface area contributed by atoms with E-state index in [4.69, 9.17) is 4.74 Å². The molecule has 1 saturated heterocycles. The predicted octanol–water partition coefficient (Wildman–Crippen LogP) is 1.66. The van der Waals surface area contributed by atoms with Crippen LogP contribution >= 0.6 is 0 Å². The van der Waals surface area contributed by atoms with Gasteiger partial charge in [0.05, 0.1) is 29.4 Å². The van der Waals surface area contributed by atoms with Crippen molar-refractivity contribution in [1.29, 1.82) is 0 Å². The van der Waals surface area contributed by atoms with E-state index in [0.29, 0.717) is 29.9 Å². The molecular weight excluding hydrogens is 438 g/mol. The minimum Gasteiger partial charge on any atom is -0.372 e. The summed E-state index contributed by atoms with van der Waals surface area (Å²) in [7, 11) is 0. The van der Waals surface area contributed by atoms with Crippen molar-refractivity contribution in [2.75, 3.05) is 13.1 Å². The largest absolute Gasteiger partial charge is 0.372 e. The number of benzene rings is 1. The van der Waals surface area contributed by atoms with Crippen molar-refractivity contribution in [2.45, 2.75) is 39.0 Å². The first kappa shape index (κ1) is 21.8. The molecule has 5 rings (SSSR count). The second-order valence-electron chi connectivity index (χ2n) is 8.45. The third kappa shape index (κ3) is 3.63. The Bertz CT molecular complexity index is 1240. The molecule has 2 aliphatic rings. The van der Waals surface area contributed by atoms with Crippen LogP contribution in [0.2, 0.25) is 0 Å². The van der Waals surface area contributed by atoms with Crippen molar-refractivity contribution in [3.05, 3.63) is 65.6 Å². The van der Waals surface area contributed by atoms with E-state index in [1.165, 1.54) is 23.4 Å². The molecule has 11 heteroatoms. The first-order valence-electron chi connectivity index (χ1n) is 11.0. The highest BCUT2D eigenvalue weighted by atomic mass is 16.5. The van der Waals surface area contributed by atoms with Gasteiger partial charge in [0.2, 0.25) is 5.82 Å². The summed E-state index contributed by atoms with van der Waals surface area (Å²) in [6.45, 7) is 6.42. The third-order valence-corrected chi connectivity index (χ3v) is 5.92. The molecule has 0 bridgehead atoms. The number of hydrogen-bond acceptors (Lipinski definition) is 8. The number of rotatable bonds is 4. The van der Waals surface area contributed by atoms with E-state index in [1.54, 1.807) is 36.1 Å². The van der Waals surface area contributed by atoms with Gasteiger partial charge >= 0.3 is 0 Å². The van der Waals surface area contributed by atoms with Crippen molar-refractivity contribution in [3.63, 3.8) is 0 Å². The van der Waals surface area contributed by atoms with E-state index in [2.05, 4.69) is 20.1 Å². The molecular formula is C23H23N7O4. The Labute approximate surface area is 195 Å². The van der Waals surface area contributed by atoms with Gasteiger partial charge in [-0.05, 0) is 32.9 Å². The van der Waals surface area contributed by atoms with Crippen molar-refractivity contribution in [1.82, 2.24) is 34.5 Å². The maximum Gasteiger partial charge on any atom is 0.293 e. The number of amides is 3. The smallest absolute Gasteiger partial charge is 0.293 e. The summed E-state index contributed by atoms with van der Waals surface area (Å²) in [5.41, 5.74) is 1.06. The van der Waals surface area contributed by atoms with Crippen LogP contribution in [0, 0.1) is 0 Å². The molecule has 3 atom stereocenters. The standard InChI is InChI=1S/C23H23N7O4/c1-13-10-28(11-14(2)34-13)23(33)19-26-12-29(27-19)20-18(24-8-9-25-20)15(3)30-21(31)16-6-4-5-7-17(16)22(30)32/h4-9,12-15H,10-11H2,1-3H3/t13-,14+,15?. The van der Waals surface area contributed by atoms with E-state index in [-0.39, 0.29) is 29.8 Å². The zero-order valence-corrected chi connectivity index (χ0v) is 19.0. The van der Waals surface area contributed by atoms with Gasteiger partial charge in [0, 0.05) is 25.5 Å². The minimum atomic E-state index is -0.722.